The fourth-order valence-corrected chi connectivity index (χ4v) is 4.08. The molecule has 1 fully saturated rings. The fraction of sp³-hybridized carbons (Fsp3) is 0.600. The number of rotatable bonds is 5. The maximum atomic E-state index is 12.6. The number of piperidine rings is 1. The Kier molecular flexibility index (Phi) is 5.74. The van der Waals surface area contributed by atoms with Crippen molar-refractivity contribution in [2.24, 2.45) is 0 Å². The van der Waals surface area contributed by atoms with Gasteiger partial charge in [-0.05, 0) is 62.3 Å². The molecule has 1 N–H and O–H groups in total. The lowest BCUT2D eigenvalue weighted by atomic mass is 9.90. The minimum atomic E-state index is -0.798. The number of aryl methyl sites for hydroxylation is 2. The first kappa shape index (κ1) is 17.9. The summed E-state index contributed by atoms with van der Waals surface area (Å²) >= 11 is 0. The van der Waals surface area contributed by atoms with E-state index in [9.17, 15) is 9.59 Å². The Morgan fingerprint density at radius 1 is 1.16 bits per heavy atom. The number of likely N-dealkylation sites (N-methyl/N-ethyl adjacent to an activating group) is 1. The van der Waals surface area contributed by atoms with Gasteiger partial charge >= 0.3 is 5.97 Å². The molecule has 1 heterocycles. The summed E-state index contributed by atoms with van der Waals surface area (Å²) in [5.74, 6) is -0.608. The van der Waals surface area contributed by atoms with Gasteiger partial charge in [0.2, 0.25) is 5.91 Å². The second kappa shape index (κ2) is 8.00. The van der Waals surface area contributed by atoms with Crippen LogP contribution in [0.3, 0.4) is 0 Å². The predicted molar refractivity (Wildman–Crippen MR) is 96.7 cm³/mol. The molecule has 25 heavy (non-hydrogen) atoms. The standard InChI is InChI=1S/C20H28N2O3/c1-21(14-20(24)25)18-8-10-22(11-9-18)19(23)13-15-6-7-16-4-2-3-5-17(16)12-15/h6-7,12,18H,2-5,8-11,13-14H2,1H3,(H,24,25). The summed E-state index contributed by atoms with van der Waals surface area (Å²) in [6.45, 7) is 1.50. The number of carbonyl (C=O) groups is 2. The van der Waals surface area contributed by atoms with Crippen molar-refractivity contribution in [1.29, 1.82) is 0 Å². The van der Waals surface area contributed by atoms with Crippen molar-refractivity contribution in [3.63, 3.8) is 0 Å². The summed E-state index contributed by atoms with van der Waals surface area (Å²) in [5.41, 5.74) is 3.99. The van der Waals surface area contributed by atoms with E-state index in [0.717, 1.165) is 37.9 Å². The largest absolute Gasteiger partial charge is 0.480 e. The molecule has 5 nitrogen and oxygen atoms in total. The van der Waals surface area contributed by atoms with Crippen molar-refractivity contribution < 1.29 is 14.7 Å². The van der Waals surface area contributed by atoms with Gasteiger partial charge in [0.25, 0.3) is 0 Å². The highest BCUT2D eigenvalue weighted by Crippen LogP contribution is 2.23. The predicted octanol–water partition coefficient (Wildman–Crippen LogP) is 2.12. The van der Waals surface area contributed by atoms with Crippen LogP contribution in [0.25, 0.3) is 0 Å². The van der Waals surface area contributed by atoms with E-state index in [1.165, 1.54) is 30.4 Å². The Morgan fingerprint density at radius 3 is 2.52 bits per heavy atom. The molecule has 1 aromatic rings. The van der Waals surface area contributed by atoms with Crippen LogP contribution in [0.1, 0.15) is 42.4 Å². The van der Waals surface area contributed by atoms with Gasteiger partial charge in [0.1, 0.15) is 0 Å². The average Bonchev–Trinajstić information content (AvgIpc) is 2.61. The molecule has 3 rings (SSSR count). The van der Waals surface area contributed by atoms with Gasteiger partial charge in [-0.2, -0.15) is 0 Å². The molecular formula is C20H28N2O3. The van der Waals surface area contributed by atoms with Gasteiger partial charge in [0.05, 0.1) is 13.0 Å². The molecule has 0 spiro atoms. The SMILES string of the molecule is CN(CC(=O)O)C1CCN(C(=O)Cc2ccc3c(c2)CCCC3)CC1. The number of nitrogens with zero attached hydrogens (tertiary/aromatic N) is 2. The van der Waals surface area contributed by atoms with Crippen LogP contribution in [0.4, 0.5) is 0 Å². The van der Waals surface area contributed by atoms with Crippen molar-refractivity contribution in [3.05, 3.63) is 34.9 Å². The monoisotopic (exact) mass is 344 g/mol. The van der Waals surface area contributed by atoms with E-state index in [-0.39, 0.29) is 18.5 Å². The zero-order valence-corrected chi connectivity index (χ0v) is 15.0. The first-order valence-electron chi connectivity index (χ1n) is 9.33. The summed E-state index contributed by atoms with van der Waals surface area (Å²) in [6.07, 6.45) is 7.00. The number of hydrogen-bond acceptors (Lipinski definition) is 3. The van der Waals surface area contributed by atoms with Crippen LogP contribution in [-0.4, -0.2) is 59.5 Å². The maximum Gasteiger partial charge on any atom is 0.317 e. The van der Waals surface area contributed by atoms with Crippen molar-refractivity contribution >= 4 is 11.9 Å². The quantitative estimate of drug-likeness (QED) is 0.889. The first-order valence-corrected chi connectivity index (χ1v) is 9.33. The minimum absolute atomic E-state index is 0.0632. The molecule has 5 heteroatoms. The lowest BCUT2D eigenvalue weighted by molar-refractivity contribution is -0.139. The second-order valence-corrected chi connectivity index (χ2v) is 7.41. The molecule has 1 aromatic carbocycles. The molecule has 0 bridgehead atoms. The maximum absolute atomic E-state index is 12.6. The van der Waals surface area contributed by atoms with E-state index < -0.39 is 5.97 Å². The third-order valence-electron chi connectivity index (χ3n) is 5.59. The van der Waals surface area contributed by atoms with E-state index in [2.05, 4.69) is 18.2 Å². The summed E-state index contributed by atoms with van der Waals surface area (Å²) in [6, 6.07) is 6.78. The van der Waals surface area contributed by atoms with Crippen LogP contribution in [0.5, 0.6) is 0 Å². The molecule has 0 unspecified atom stereocenters. The van der Waals surface area contributed by atoms with Crippen LogP contribution in [0, 0.1) is 0 Å². The molecule has 136 valence electrons. The molecule has 0 aromatic heterocycles. The second-order valence-electron chi connectivity index (χ2n) is 7.41. The van der Waals surface area contributed by atoms with Crippen LogP contribution in [0.2, 0.25) is 0 Å². The van der Waals surface area contributed by atoms with E-state index in [1.807, 2.05) is 16.8 Å². The van der Waals surface area contributed by atoms with Crippen LogP contribution in [-0.2, 0) is 28.9 Å². The average molecular weight is 344 g/mol. The van der Waals surface area contributed by atoms with Crippen molar-refractivity contribution in [2.45, 2.75) is 51.0 Å². The Bertz CT molecular complexity index is 636. The number of amides is 1. The Hall–Kier alpha value is -1.88. The summed E-state index contributed by atoms with van der Waals surface area (Å²) < 4.78 is 0. The number of likely N-dealkylation sites (tertiary alicyclic amines) is 1. The number of fused-ring (bicyclic) bond motifs is 1. The number of carboxylic acid groups (broad SMARTS) is 1. The van der Waals surface area contributed by atoms with E-state index in [4.69, 9.17) is 5.11 Å². The van der Waals surface area contributed by atoms with Gasteiger partial charge in [-0.1, -0.05) is 18.2 Å². The molecule has 1 saturated heterocycles. The highest BCUT2D eigenvalue weighted by molar-refractivity contribution is 5.79. The van der Waals surface area contributed by atoms with Gasteiger partial charge in [0.15, 0.2) is 0 Å². The lowest BCUT2D eigenvalue weighted by Gasteiger charge is -2.36. The summed E-state index contributed by atoms with van der Waals surface area (Å²) in [7, 11) is 1.85. The van der Waals surface area contributed by atoms with Gasteiger partial charge in [-0.15, -0.1) is 0 Å². The number of benzene rings is 1. The van der Waals surface area contributed by atoms with Crippen molar-refractivity contribution in [1.82, 2.24) is 9.80 Å². The minimum Gasteiger partial charge on any atom is -0.480 e. The smallest absolute Gasteiger partial charge is 0.317 e. The summed E-state index contributed by atoms with van der Waals surface area (Å²) in [5, 5.41) is 8.90. The highest BCUT2D eigenvalue weighted by Gasteiger charge is 2.26. The van der Waals surface area contributed by atoms with Crippen molar-refractivity contribution in [3.8, 4) is 0 Å². The molecule has 0 saturated carbocycles. The zero-order chi connectivity index (χ0) is 17.8. The van der Waals surface area contributed by atoms with Crippen LogP contribution < -0.4 is 0 Å². The van der Waals surface area contributed by atoms with Crippen LogP contribution >= 0.6 is 0 Å². The van der Waals surface area contributed by atoms with E-state index >= 15 is 0 Å². The number of hydrogen-bond donors (Lipinski definition) is 1. The third-order valence-corrected chi connectivity index (χ3v) is 5.59. The Morgan fingerprint density at radius 2 is 1.84 bits per heavy atom. The normalized spacial score (nSPS) is 18.2. The fourth-order valence-electron chi connectivity index (χ4n) is 4.08. The molecule has 0 radical (unpaired) electrons. The molecule has 2 aliphatic rings. The number of aliphatic carboxylic acids is 1. The van der Waals surface area contributed by atoms with Crippen LogP contribution in [0.15, 0.2) is 18.2 Å². The van der Waals surface area contributed by atoms with Gasteiger partial charge in [-0.3, -0.25) is 14.5 Å². The van der Waals surface area contributed by atoms with Gasteiger partial charge in [-0.25, -0.2) is 0 Å². The van der Waals surface area contributed by atoms with Gasteiger partial charge < -0.3 is 10.0 Å². The molecule has 0 atom stereocenters. The molecule has 1 aliphatic carbocycles. The Labute approximate surface area is 149 Å². The first-order chi connectivity index (χ1) is 12.0. The summed E-state index contributed by atoms with van der Waals surface area (Å²) in [4.78, 5) is 27.2. The lowest BCUT2D eigenvalue weighted by Crippen LogP contribution is -2.47. The van der Waals surface area contributed by atoms with Crippen molar-refractivity contribution in [2.75, 3.05) is 26.7 Å². The molecular weight excluding hydrogens is 316 g/mol. The van der Waals surface area contributed by atoms with Gasteiger partial charge in [0, 0.05) is 19.1 Å². The van der Waals surface area contributed by atoms with E-state index in [1.54, 1.807) is 0 Å². The number of carboxylic acids is 1. The van der Waals surface area contributed by atoms with E-state index in [0.29, 0.717) is 6.42 Å². The molecule has 1 amide bonds. The topological polar surface area (TPSA) is 60.9 Å². The molecule has 1 aliphatic heterocycles. The third kappa shape index (κ3) is 4.60. The zero-order valence-electron chi connectivity index (χ0n) is 15.0. The highest BCUT2D eigenvalue weighted by atomic mass is 16.4. The number of carbonyl (C=O) groups excluding carboxylic acids is 1. The Balaban J connectivity index is 1.52.